The molecule has 0 amide bonds. The van der Waals surface area contributed by atoms with E-state index in [0.29, 0.717) is 22.8 Å². The van der Waals surface area contributed by atoms with Gasteiger partial charge in [0.1, 0.15) is 0 Å². The number of carbonyl (C=O) groups is 2. The molecule has 0 saturated heterocycles. The number of fused-ring (bicyclic) bond motifs is 1. The van der Waals surface area contributed by atoms with Gasteiger partial charge in [-0.3, -0.25) is 9.59 Å². The van der Waals surface area contributed by atoms with Crippen LogP contribution in [0.25, 0.3) is 0 Å². The maximum atomic E-state index is 11.7. The van der Waals surface area contributed by atoms with Crippen LogP contribution in [0.3, 0.4) is 0 Å². The second-order valence-corrected chi connectivity index (χ2v) is 4.55. The highest BCUT2D eigenvalue weighted by Gasteiger charge is 2.26. The average molecular weight is 296 g/mol. The lowest BCUT2D eigenvalue weighted by Gasteiger charge is -2.14. The number of methoxy groups -OCH3 is 2. The number of hydrogen-bond donors (Lipinski definition) is 1. The Bertz CT molecular complexity index is 552. The molecule has 114 valence electrons. The normalized spacial score (nSPS) is 13.6. The van der Waals surface area contributed by atoms with Gasteiger partial charge < -0.3 is 24.1 Å². The van der Waals surface area contributed by atoms with Gasteiger partial charge in [-0.05, 0) is 24.1 Å². The minimum atomic E-state index is -1.06. The molecule has 0 bridgehead atoms. The Labute approximate surface area is 121 Å². The van der Waals surface area contributed by atoms with E-state index < -0.39 is 17.9 Å². The van der Waals surface area contributed by atoms with Crippen LogP contribution in [-0.2, 0) is 20.7 Å². The van der Waals surface area contributed by atoms with E-state index in [1.165, 1.54) is 14.2 Å². The Morgan fingerprint density at radius 3 is 2.71 bits per heavy atom. The van der Waals surface area contributed by atoms with Crippen LogP contribution < -0.4 is 14.2 Å². The highest BCUT2D eigenvalue weighted by molar-refractivity contribution is 5.79. The molecule has 2 rings (SSSR count). The fraction of sp³-hybridized carbons (Fsp3) is 0.429. The summed E-state index contributed by atoms with van der Waals surface area (Å²) in [5, 5.41) is 8.88. The van der Waals surface area contributed by atoms with Crippen LogP contribution in [0.15, 0.2) is 12.1 Å². The largest absolute Gasteiger partial charge is 0.493 e. The Morgan fingerprint density at radius 1 is 1.33 bits per heavy atom. The van der Waals surface area contributed by atoms with Crippen LogP contribution in [0.4, 0.5) is 0 Å². The summed E-state index contributed by atoms with van der Waals surface area (Å²) in [6.07, 6.45) is -0.0879. The highest BCUT2D eigenvalue weighted by atomic mass is 16.7. The minimum Gasteiger partial charge on any atom is -0.493 e. The zero-order chi connectivity index (χ0) is 15.4. The summed E-state index contributed by atoms with van der Waals surface area (Å²) in [6, 6.07) is 3.41. The van der Waals surface area contributed by atoms with E-state index in [-0.39, 0.29) is 19.6 Å². The van der Waals surface area contributed by atoms with E-state index >= 15 is 0 Å². The third-order valence-electron chi connectivity index (χ3n) is 3.16. The molecule has 1 N–H and O–H groups in total. The molecular weight excluding hydrogens is 280 g/mol. The smallest absolute Gasteiger partial charge is 0.309 e. The topological polar surface area (TPSA) is 91.3 Å². The second kappa shape index (κ2) is 6.34. The summed E-state index contributed by atoms with van der Waals surface area (Å²) in [5.41, 5.74) is 0.716. The van der Waals surface area contributed by atoms with Crippen molar-refractivity contribution in [2.75, 3.05) is 21.0 Å². The van der Waals surface area contributed by atoms with Gasteiger partial charge in [0.15, 0.2) is 11.5 Å². The van der Waals surface area contributed by atoms with Crippen LogP contribution in [0, 0.1) is 5.92 Å². The van der Waals surface area contributed by atoms with Crippen LogP contribution in [0.2, 0.25) is 0 Å². The number of carboxylic acid groups (broad SMARTS) is 1. The van der Waals surface area contributed by atoms with Crippen molar-refractivity contribution in [1.82, 2.24) is 0 Å². The zero-order valence-corrected chi connectivity index (χ0v) is 11.8. The SMILES string of the molecule is COC(=O)[C@@H](CC(=O)O)Cc1cc(OC)c2c(c1)OCO2. The van der Waals surface area contributed by atoms with E-state index in [2.05, 4.69) is 4.74 Å². The fourth-order valence-corrected chi connectivity index (χ4v) is 2.20. The van der Waals surface area contributed by atoms with Crippen molar-refractivity contribution in [3.63, 3.8) is 0 Å². The molecule has 1 aromatic rings. The van der Waals surface area contributed by atoms with Gasteiger partial charge in [0.25, 0.3) is 0 Å². The molecule has 0 radical (unpaired) electrons. The highest BCUT2D eigenvalue weighted by Crippen LogP contribution is 2.42. The van der Waals surface area contributed by atoms with E-state index in [0.717, 1.165) is 0 Å². The predicted molar refractivity (Wildman–Crippen MR) is 70.6 cm³/mol. The molecule has 0 saturated carbocycles. The predicted octanol–water partition coefficient (Wildman–Crippen LogP) is 1.23. The van der Waals surface area contributed by atoms with Crippen molar-refractivity contribution in [3.05, 3.63) is 17.7 Å². The molecule has 0 fully saturated rings. The summed E-state index contributed by atoms with van der Waals surface area (Å²) in [7, 11) is 2.73. The molecule has 0 spiro atoms. The molecule has 1 aromatic carbocycles. The van der Waals surface area contributed by atoms with Gasteiger partial charge >= 0.3 is 11.9 Å². The van der Waals surface area contributed by atoms with Gasteiger partial charge in [-0.15, -0.1) is 0 Å². The van der Waals surface area contributed by atoms with Crippen molar-refractivity contribution < 1.29 is 33.6 Å². The summed E-state index contributed by atoms with van der Waals surface area (Å²) >= 11 is 0. The van der Waals surface area contributed by atoms with Crippen molar-refractivity contribution in [2.45, 2.75) is 12.8 Å². The number of carboxylic acids is 1. The van der Waals surface area contributed by atoms with Crippen molar-refractivity contribution in [1.29, 1.82) is 0 Å². The van der Waals surface area contributed by atoms with Crippen molar-refractivity contribution in [3.8, 4) is 17.2 Å². The number of hydrogen-bond acceptors (Lipinski definition) is 6. The van der Waals surface area contributed by atoms with Crippen LogP contribution in [0.1, 0.15) is 12.0 Å². The third kappa shape index (κ3) is 3.36. The molecular formula is C14H16O7. The first-order chi connectivity index (χ1) is 10.0. The Kier molecular flexibility index (Phi) is 4.52. The lowest BCUT2D eigenvalue weighted by atomic mass is 9.96. The number of rotatable bonds is 6. The van der Waals surface area contributed by atoms with Crippen LogP contribution in [-0.4, -0.2) is 38.1 Å². The standard InChI is InChI=1S/C14H16O7/c1-18-10-4-8(5-11-13(10)21-7-20-11)3-9(6-12(15)16)14(17)19-2/h4-5,9H,3,6-7H2,1-2H3,(H,15,16)/t9-/m1/s1. The number of aliphatic carboxylic acids is 1. The molecule has 1 aliphatic rings. The van der Waals surface area contributed by atoms with Gasteiger partial charge in [-0.1, -0.05) is 0 Å². The Balaban J connectivity index is 2.24. The van der Waals surface area contributed by atoms with E-state index in [1.54, 1.807) is 12.1 Å². The first-order valence-corrected chi connectivity index (χ1v) is 6.31. The Morgan fingerprint density at radius 2 is 2.10 bits per heavy atom. The van der Waals surface area contributed by atoms with Crippen molar-refractivity contribution in [2.24, 2.45) is 5.92 Å². The van der Waals surface area contributed by atoms with Gasteiger partial charge in [-0.25, -0.2) is 0 Å². The summed E-state index contributed by atoms with van der Waals surface area (Å²) in [5.74, 6) is -0.874. The maximum absolute atomic E-state index is 11.7. The van der Waals surface area contributed by atoms with Gasteiger partial charge in [-0.2, -0.15) is 0 Å². The van der Waals surface area contributed by atoms with Crippen LogP contribution in [0.5, 0.6) is 17.2 Å². The first-order valence-electron chi connectivity index (χ1n) is 6.31. The lowest BCUT2D eigenvalue weighted by Crippen LogP contribution is -2.22. The molecule has 0 unspecified atom stereocenters. The van der Waals surface area contributed by atoms with Crippen molar-refractivity contribution >= 4 is 11.9 Å². The fourth-order valence-electron chi connectivity index (χ4n) is 2.20. The summed E-state index contributed by atoms with van der Waals surface area (Å²) < 4.78 is 20.4. The molecule has 0 aromatic heterocycles. The molecule has 1 heterocycles. The first kappa shape index (κ1) is 15.0. The Hall–Kier alpha value is -2.44. The average Bonchev–Trinajstić information content (AvgIpc) is 2.92. The number of esters is 1. The lowest BCUT2D eigenvalue weighted by molar-refractivity contribution is -0.150. The minimum absolute atomic E-state index is 0.102. The molecule has 1 aliphatic heterocycles. The zero-order valence-electron chi connectivity index (χ0n) is 11.8. The molecule has 1 atom stereocenters. The monoisotopic (exact) mass is 296 g/mol. The van der Waals surface area contributed by atoms with E-state index in [4.69, 9.17) is 19.3 Å². The van der Waals surface area contributed by atoms with E-state index in [9.17, 15) is 9.59 Å². The van der Waals surface area contributed by atoms with Crippen LogP contribution >= 0.6 is 0 Å². The number of ether oxygens (including phenoxy) is 4. The van der Waals surface area contributed by atoms with Gasteiger partial charge in [0, 0.05) is 0 Å². The summed E-state index contributed by atoms with van der Waals surface area (Å²) in [4.78, 5) is 22.5. The number of carbonyl (C=O) groups excluding carboxylic acids is 1. The molecule has 7 nitrogen and oxygen atoms in total. The maximum Gasteiger partial charge on any atom is 0.309 e. The molecule has 21 heavy (non-hydrogen) atoms. The second-order valence-electron chi connectivity index (χ2n) is 4.55. The quantitative estimate of drug-likeness (QED) is 0.789. The molecule has 0 aliphatic carbocycles. The van der Waals surface area contributed by atoms with E-state index in [1.807, 2.05) is 0 Å². The van der Waals surface area contributed by atoms with Gasteiger partial charge in [0.2, 0.25) is 12.5 Å². The van der Waals surface area contributed by atoms with Gasteiger partial charge in [0.05, 0.1) is 26.6 Å². The molecule has 7 heteroatoms. The summed E-state index contributed by atoms with van der Waals surface area (Å²) in [6.45, 7) is 0.102. The third-order valence-corrected chi connectivity index (χ3v) is 3.16. The number of benzene rings is 1.